The molecular formula is C15H17FN2O. The lowest BCUT2D eigenvalue weighted by atomic mass is 10.2. The first-order valence-electron chi connectivity index (χ1n) is 6.14. The molecule has 0 atom stereocenters. The van der Waals surface area contributed by atoms with Crippen LogP contribution in [0.4, 0.5) is 21.5 Å². The fourth-order valence-corrected chi connectivity index (χ4v) is 1.69. The van der Waals surface area contributed by atoms with Crippen molar-refractivity contribution >= 4 is 17.1 Å². The second kappa shape index (κ2) is 5.61. The lowest BCUT2D eigenvalue weighted by molar-refractivity contribution is 0.242. The summed E-state index contributed by atoms with van der Waals surface area (Å²) in [5.41, 5.74) is 7.16. The third-order valence-electron chi connectivity index (χ3n) is 2.56. The summed E-state index contributed by atoms with van der Waals surface area (Å²) in [6.07, 6.45) is 0.137. The van der Waals surface area contributed by atoms with Gasteiger partial charge in [0.15, 0.2) is 0 Å². The summed E-state index contributed by atoms with van der Waals surface area (Å²) >= 11 is 0. The molecule has 3 nitrogen and oxygen atoms in total. The van der Waals surface area contributed by atoms with Gasteiger partial charge in [0.2, 0.25) is 0 Å². The number of para-hydroxylation sites is 1. The van der Waals surface area contributed by atoms with E-state index in [0.29, 0.717) is 5.69 Å². The van der Waals surface area contributed by atoms with Gasteiger partial charge in [-0.15, -0.1) is 0 Å². The van der Waals surface area contributed by atoms with Crippen LogP contribution < -0.4 is 15.8 Å². The van der Waals surface area contributed by atoms with Gasteiger partial charge < -0.3 is 15.8 Å². The second-order valence-electron chi connectivity index (χ2n) is 4.52. The zero-order chi connectivity index (χ0) is 13.8. The summed E-state index contributed by atoms with van der Waals surface area (Å²) in [5.74, 6) is 0.373. The highest BCUT2D eigenvalue weighted by Gasteiger charge is 2.04. The molecule has 0 saturated carbocycles. The Morgan fingerprint density at radius 3 is 2.42 bits per heavy atom. The fourth-order valence-electron chi connectivity index (χ4n) is 1.69. The van der Waals surface area contributed by atoms with Crippen molar-refractivity contribution in [2.45, 2.75) is 20.0 Å². The largest absolute Gasteiger partial charge is 0.491 e. The molecule has 4 heteroatoms. The van der Waals surface area contributed by atoms with Crippen molar-refractivity contribution in [2.75, 3.05) is 11.1 Å². The van der Waals surface area contributed by atoms with E-state index in [4.69, 9.17) is 10.5 Å². The van der Waals surface area contributed by atoms with Crippen LogP contribution in [0.2, 0.25) is 0 Å². The Bertz CT molecular complexity index is 553. The average Bonchev–Trinajstić information content (AvgIpc) is 2.37. The third-order valence-corrected chi connectivity index (χ3v) is 2.56. The maximum atomic E-state index is 13.3. The van der Waals surface area contributed by atoms with E-state index >= 15 is 0 Å². The van der Waals surface area contributed by atoms with Crippen LogP contribution in [0, 0.1) is 5.82 Å². The zero-order valence-corrected chi connectivity index (χ0v) is 11.0. The van der Waals surface area contributed by atoms with Gasteiger partial charge in [0, 0.05) is 5.69 Å². The Hall–Kier alpha value is -2.23. The number of nitrogen functional groups attached to an aromatic ring is 1. The molecule has 2 aromatic rings. The number of hydrogen-bond donors (Lipinski definition) is 2. The summed E-state index contributed by atoms with van der Waals surface area (Å²) in [6, 6.07) is 12.1. The quantitative estimate of drug-likeness (QED) is 0.818. The highest BCUT2D eigenvalue weighted by molar-refractivity contribution is 5.72. The van der Waals surface area contributed by atoms with E-state index in [1.807, 2.05) is 38.1 Å². The number of ether oxygens (including phenoxy) is 1. The molecule has 3 N–H and O–H groups in total. The number of rotatable bonds is 4. The lowest BCUT2D eigenvalue weighted by Gasteiger charge is -2.12. The molecular weight excluding hydrogens is 243 g/mol. The van der Waals surface area contributed by atoms with E-state index in [0.717, 1.165) is 11.4 Å². The van der Waals surface area contributed by atoms with Gasteiger partial charge in [-0.3, -0.25) is 0 Å². The molecule has 2 aromatic carbocycles. The Morgan fingerprint density at radius 1 is 1.11 bits per heavy atom. The topological polar surface area (TPSA) is 47.3 Å². The first-order chi connectivity index (χ1) is 9.06. The molecule has 0 amide bonds. The smallest absolute Gasteiger partial charge is 0.148 e. The molecule has 2 rings (SSSR count). The normalized spacial score (nSPS) is 10.5. The van der Waals surface area contributed by atoms with Crippen molar-refractivity contribution in [3.8, 4) is 5.75 Å². The van der Waals surface area contributed by atoms with Gasteiger partial charge in [-0.05, 0) is 50.2 Å². The highest BCUT2D eigenvalue weighted by atomic mass is 19.1. The molecule has 0 heterocycles. The molecule has 0 saturated heterocycles. The maximum Gasteiger partial charge on any atom is 0.148 e. The molecule has 0 fully saturated rings. The van der Waals surface area contributed by atoms with Gasteiger partial charge >= 0.3 is 0 Å². The van der Waals surface area contributed by atoms with Crippen molar-refractivity contribution in [1.82, 2.24) is 0 Å². The van der Waals surface area contributed by atoms with Crippen molar-refractivity contribution in [2.24, 2.45) is 0 Å². The minimum Gasteiger partial charge on any atom is -0.491 e. The Morgan fingerprint density at radius 2 is 1.79 bits per heavy atom. The number of anilines is 3. The molecule has 0 spiro atoms. The van der Waals surface area contributed by atoms with Gasteiger partial charge in [0.1, 0.15) is 11.6 Å². The van der Waals surface area contributed by atoms with Crippen molar-refractivity contribution in [1.29, 1.82) is 0 Å². The molecule has 0 aliphatic rings. The van der Waals surface area contributed by atoms with E-state index in [9.17, 15) is 4.39 Å². The summed E-state index contributed by atoms with van der Waals surface area (Å²) in [5, 5.41) is 3.07. The van der Waals surface area contributed by atoms with Crippen LogP contribution in [0.15, 0.2) is 42.5 Å². The molecule has 0 radical (unpaired) electrons. The van der Waals surface area contributed by atoms with Gasteiger partial charge in [0.25, 0.3) is 0 Å². The van der Waals surface area contributed by atoms with Crippen LogP contribution >= 0.6 is 0 Å². The molecule has 19 heavy (non-hydrogen) atoms. The van der Waals surface area contributed by atoms with Crippen LogP contribution in [0.1, 0.15) is 13.8 Å². The van der Waals surface area contributed by atoms with Gasteiger partial charge in [0.05, 0.1) is 17.5 Å². The van der Waals surface area contributed by atoms with Crippen molar-refractivity contribution < 1.29 is 9.13 Å². The molecule has 0 aliphatic heterocycles. The molecule has 0 aliphatic carbocycles. The SMILES string of the molecule is CC(C)Oc1ccc(Nc2cccc(F)c2N)cc1. The van der Waals surface area contributed by atoms with E-state index in [2.05, 4.69) is 5.32 Å². The molecule has 100 valence electrons. The summed E-state index contributed by atoms with van der Waals surface area (Å²) in [6.45, 7) is 3.94. The Labute approximate surface area is 112 Å². The first-order valence-corrected chi connectivity index (χ1v) is 6.14. The summed E-state index contributed by atoms with van der Waals surface area (Å²) < 4.78 is 18.9. The van der Waals surface area contributed by atoms with Crippen molar-refractivity contribution in [3.63, 3.8) is 0 Å². The lowest BCUT2D eigenvalue weighted by Crippen LogP contribution is -2.05. The van der Waals surface area contributed by atoms with Crippen LogP contribution in [-0.2, 0) is 0 Å². The summed E-state index contributed by atoms with van der Waals surface area (Å²) in [4.78, 5) is 0. The van der Waals surface area contributed by atoms with Gasteiger partial charge in [-0.2, -0.15) is 0 Å². The minimum absolute atomic E-state index is 0.116. The van der Waals surface area contributed by atoms with E-state index in [-0.39, 0.29) is 11.8 Å². The average molecular weight is 260 g/mol. The molecule has 0 bridgehead atoms. The standard InChI is InChI=1S/C15H17FN2O/c1-10(2)19-12-8-6-11(7-9-12)18-14-5-3-4-13(16)15(14)17/h3-10,18H,17H2,1-2H3. The monoisotopic (exact) mass is 260 g/mol. The van der Waals surface area contributed by atoms with Gasteiger partial charge in [-0.1, -0.05) is 6.07 Å². The van der Waals surface area contributed by atoms with Crippen molar-refractivity contribution in [3.05, 3.63) is 48.3 Å². The molecule has 0 unspecified atom stereocenters. The summed E-state index contributed by atoms with van der Waals surface area (Å²) in [7, 11) is 0. The Kier molecular flexibility index (Phi) is 3.90. The van der Waals surface area contributed by atoms with Crippen LogP contribution in [0.5, 0.6) is 5.75 Å². The van der Waals surface area contributed by atoms with Crippen LogP contribution in [-0.4, -0.2) is 6.10 Å². The first kappa shape index (κ1) is 13.2. The minimum atomic E-state index is -0.426. The number of halogens is 1. The number of hydrogen-bond acceptors (Lipinski definition) is 3. The number of benzene rings is 2. The Balaban J connectivity index is 2.13. The zero-order valence-electron chi connectivity index (χ0n) is 11.0. The molecule has 0 aromatic heterocycles. The van der Waals surface area contributed by atoms with Crippen LogP contribution in [0.3, 0.4) is 0 Å². The van der Waals surface area contributed by atoms with E-state index < -0.39 is 5.82 Å². The van der Waals surface area contributed by atoms with Crippen LogP contribution in [0.25, 0.3) is 0 Å². The number of nitrogens with two attached hydrogens (primary N) is 1. The highest BCUT2D eigenvalue weighted by Crippen LogP contribution is 2.26. The van der Waals surface area contributed by atoms with Gasteiger partial charge in [-0.25, -0.2) is 4.39 Å². The fraction of sp³-hybridized carbons (Fsp3) is 0.200. The third kappa shape index (κ3) is 3.37. The predicted octanol–water partition coefficient (Wildman–Crippen LogP) is 3.94. The number of nitrogens with one attached hydrogen (secondary N) is 1. The maximum absolute atomic E-state index is 13.3. The van der Waals surface area contributed by atoms with E-state index in [1.54, 1.807) is 12.1 Å². The van der Waals surface area contributed by atoms with E-state index in [1.165, 1.54) is 6.07 Å². The predicted molar refractivity (Wildman–Crippen MR) is 76.3 cm³/mol. The second-order valence-corrected chi connectivity index (χ2v) is 4.52.